The van der Waals surface area contributed by atoms with Gasteiger partial charge in [-0.1, -0.05) is 30.3 Å². The SMILES string of the molecule is CSC1(CNC(=O)CCC(N)c2ccccc2)CC1. The van der Waals surface area contributed by atoms with Crippen molar-refractivity contribution in [3.8, 4) is 0 Å². The van der Waals surface area contributed by atoms with Crippen LogP contribution in [0.15, 0.2) is 30.3 Å². The van der Waals surface area contributed by atoms with Crippen molar-refractivity contribution < 1.29 is 4.79 Å². The molecule has 2 rings (SSSR count). The Hall–Kier alpha value is -1.00. The third-order valence-electron chi connectivity index (χ3n) is 3.76. The minimum atomic E-state index is -0.0533. The number of rotatable bonds is 7. The summed E-state index contributed by atoms with van der Waals surface area (Å²) in [5, 5.41) is 3.03. The predicted molar refractivity (Wildman–Crippen MR) is 81.1 cm³/mol. The quantitative estimate of drug-likeness (QED) is 0.805. The highest BCUT2D eigenvalue weighted by atomic mass is 32.2. The van der Waals surface area contributed by atoms with Gasteiger partial charge in [0, 0.05) is 23.8 Å². The van der Waals surface area contributed by atoms with Crippen LogP contribution in [0.2, 0.25) is 0 Å². The Morgan fingerprint density at radius 3 is 2.68 bits per heavy atom. The number of hydrogen-bond donors (Lipinski definition) is 2. The maximum atomic E-state index is 11.8. The van der Waals surface area contributed by atoms with Gasteiger partial charge in [-0.2, -0.15) is 11.8 Å². The number of nitrogens with two attached hydrogens (primary N) is 1. The molecule has 1 fully saturated rings. The van der Waals surface area contributed by atoms with E-state index in [0.29, 0.717) is 17.6 Å². The van der Waals surface area contributed by atoms with Gasteiger partial charge in [0.1, 0.15) is 0 Å². The molecule has 1 aromatic carbocycles. The van der Waals surface area contributed by atoms with Gasteiger partial charge in [0.25, 0.3) is 0 Å². The van der Waals surface area contributed by atoms with Crippen molar-refractivity contribution in [3.05, 3.63) is 35.9 Å². The van der Waals surface area contributed by atoms with Crippen LogP contribution < -0.4 is 11.1 Å². The molecule has 3 nitrogen and oxygen atoms in total. The van der Waals surface area contributed by atoms with E-state index in [9.17, 15) is 4.79 Å². The molecule has 1 unspecified atom stereocenters. The molecular formula is C15H22N2OS. The molecule has 4 heteroatoms. The molecule has 0 saturated heterocycles. The Bertz CT molecular complexity index is 417. The fourth-order valence-corrected chi connectivity index (χ4v) is 2.82. The van der Waals surface area contributed by atoms with Gasteiger partial charge < -0.3 is 11.1 Å². The normalized spacial score (nSPS) is 17.8. The molecule has 1 amide bonds. The molecule has 0 spiro atoms. The highest BCUT2D eigenvalue weighted by Gasteiger charge is 2.41. The van der Waals surface area contributed by atoms with Gasteiger partial charge in [-0.15, -0.1) is 0 Å². The number of hydrogen-bond acceptors (Lipinski definition) is 3. The standard InChI is InChI=1S/C15H22N2OS/c1-19-15(9-10-15)11-17-14(18)8-7-13(16)12-5-3-2-4-6-12/h2-6,13H,7-11,16H2,1H3,(H,17,18). The van der Waals surface area contributed by atoms with Crippen LogP contribution in [-0.4, -0.2) is 23.5 Å². The van der Waals surface area contributed by atoms with Crippen molar-refractivity contribution in [2.45, 2.75) is 36.5 Å². The number of carbonyl (C=O) groups excluding carboxylic acids is 1. The zero-order chi connectivity index (χ0) is 13.7. The Labute approximate surface area is 119 Å². The van der Waals surface area contributed by atoms with Crippen LogP contribution in [0.1, 0.15) is 37.3 Å². The van der Waals surface area contributed by atoms with Crippen LogP contribution in [0.4, 0.5) is 0 Å². The van der Waals surface area contributed by atoms with Crippen molar-refractivity contribution in [3.63, 3.8) is 0 Å². The van der Waals surface area contributed by atoms with Crippen LogP contribution in [0.5, 0.6) is 0 Å². The van der Waals surface area contributed by atoms with Gasteiger partial charge in [-0.25, -0.2) is 0 Å². The first-order chi connectivity index (χ1) is 9.15. The van der Waals surface area contributed by atoms with Gasteiger partial charge in [-0.3, -0.25) is 4.79 Å². The minimum Gasteiger partial charge on any atom is -0.355 e. The molecule has 1 atom stereocenters. The molecule has 0 radical (unpaired) electrons. The van der Waals surface area contributed by atoms with E-state index < -0.39 is 0 Å². The number of nitrogens with one attached hydrogen (secondary N) is 1. The van der Waals surface area contributed by atoms with Gasteiger partial charge in [0.05, 0.1) is 0 Å². The largest absolute Gasteiger partial charge is 0.355 e. The second-order valence-electron chi connectivity index (χ2n) is 5.22. The molecule has 0 aromatic heterocycles. The zero-order valence-electron chi connectivity index (χ0n) is 11.4. The molecule has 1 aromatic rings. The molecule has 104 valence electrons. The Morgan fingerprint density at radius 1 is 1.42 bits per heavy atom. The monoisotopic (exact) mass is 278 g/mol. The lowest BCUT2D eigenvalue weighted by Gasteiger charge is -2.14. The molecule has 0 heterocycles. The van der Waals surface area contributed by atoms with Crippen LogP contribution >= 0.6 is 11.8 Å². The first-order valence-corrected chi connectivity index (χ1v) is 8.00. The third kappa shape index (κ3) is 4.25. The third-order valence-corrected chi connectivity index (χ3v) is 5.18. The predicted octanol–water partition coefficient (Wildman–Crippen LogP) is 2.48. The Balaban J connectivity index is 1.69. The van der Waals surface area contributed by atoms with E-state index in [-0.39, 0.29) is 11.9 Å². The molecule has 19 heavy (non-hydrogen) atoms. The Kier molecular flexibility index (Phi) is 4.88. The van der Waals surface area contributed by atoms with Crippen molar-refractivity contribution in [2.75, 3.05) is 12.8 Å². The fraction of sp³-hybridized carbons (Fsp3) is 0.533. The van der Waals surface area contributed by atoms with E-state index >= 15 is 0 Å². The van der Waals surface area contributed by atoms with Crippen molar-refractivity contribution >= 4 is 17.7 Å². The summed E-state index contributed by atoms with van der Waals surface area (Å²) in [5.74, 6) is 0.117. The zero-order valence-corrected chi connectivity index (χ0v) is 12.2. The van der Waals surface area contributed by atoms with Crippen LogP contribution in [0.3, 0.4) is 0 Å². The summed E-state index contributed by atoms with van der Waals surface area (Å²) < 4.78 is 0.331. The van der Waals surface area contributed by atoms with Crippen molar-refractivity contribution in [2.24, 2.45) is 5.73 Å². The van der Waals surface area contributed by atoms with E-state index in [1.54, 1.807) is 0 Å². The lowest BCUT2D eigenvalue weighted by atomic mass is 10.0. The highest BCUT2D eigenvalue weighted by Crippen LogP contribution is 2.46. The van der Waals surface area contributed by atoms with Gasteiger partial charge in [0.2, 0.25) is 5.91 Å². The summed E-state index contributed by atoms with van der Waals surface area (Å²) in [6.45, 7) is 0.799. The first-order valence-electron chi connectivity index (χ1n) is 6.78. The maximum absolute atomic E-state index is 11.8. The molecule has 1 saturated carbocycles. The lowest BCUT2D eigenvalue weighted by molar-refractivity contribution is -0.121. The number of carbonyl (C=O) groups is 1. The molecule has 3 N–H and O–H groups in total. The fourth-order valence-electron chi connectivity index (χ4n) is 2.09. The summed E-state index contributed by atoms with van der Waals surface area (Å²) in [4.78, 5) is 11.8. The molecule has 1 aliphatic carbocycles. The van der Waals surface area contributed by atoms with E-state index in [1.807, 2.05) is 42.1 Å². The van der Waals surface area contributed by atoms with E-state index in [1.165, 1.54) is 12.8 Å². The van der Waals surface area contributed by atoms with Gasteiger partial charge >= 0.3 is 0 Å². The molecule has 1 aliphatic rings. The van der Waals surface area contributed by atoms with Gasteiger partial charge in [0.15, 0.2) is 0 Å². The van der Waals surface area contributed by atoms with E-state index in [4.69, 9.17) is 5.73 Å². The van der Waals surface area contributed by atoms with Crippen LogP contribution in [0.25, 0.3) is 0 Å². The molecule has 0 aliphatic heterocycles. The first kappa shape index (κ1) is 14.4. The Morgan fingerprint density at radius 2 is 2.11 bits per heavy atom. The van der Waals surface area contributed by atoms with Crippen molar-refractivity contribution in [1.82, 2.24) is 5.32 Å². The van der Waals surface area contributed by atoms with Crippen molar-refractivity contribution in [1.29, 1.82) is 0 Å². The molecular weight excluding hydrogens is 256 g/mol. The summed E-state index contributed by atoms with van der Waals surface area (Å²) in [5.41, 5.74) is 7.18. The second kappa shape index (κ2) is 6.44. The average Bonchev–Trinajstić information content (AvgIpc) is 3.24. The van der Waals surface area contributed by atoms with E-state index in [0.717, 1.165) is 12.1 Å². The summed E-state index contributed by atoms with van der Waals surface area (Å²) in [6, 6.07) is 9.89. The molecule has 0 bridgehead atoms. The second-order valence-corrected chi connectivity index (χ2v) is 6.49. The van der Waals surface area contributed by atoms with Crippen LogP contribution in [0, 0.1) is 0 Å². The smallest absolute Gasteiger partial charge is 0.220 e. The van der Waals surface area contributed by atoms with Gasteiger partial charge in [-0.05, 0) is 31.1 Å². The number of thioether (sulfide) groups is 1. The minimum absolute atomic E-state index is 0.0533. The van der Waals surface area contributed by atoms with Crippen LogP contribution in [-0.2, 0) is 4.79 Å². The maximum Gasteiger partial charge on any atom is 0.220 e. The lowest BCUT2D eigenvalue weighted by Crippen LogP contribution is -2.32. The topological polar surface area (TPSA) is 55.1 Å². The summed E-state index contributed by atoms with van der Waals surface area (Å²) in [7, 11) is 0. The average molecular weight is 278 g/mol. The summed E-state index contributed by atoms with van der Waals surface area (Å²) in [6.07, 6.45) is 5.75. The number of amides is 1. The van der Waals surface area contributed by atoms with E-state index in [2.05, 4.69) is 11.6 Å². The summed E-state index contributed by atoms with van der Waals surface area (Å²) >= 11 is 1.86. The number of benzene rings is 1. The highest BCUT2D eigenvalue weighted by molar-refractivity contribution is 8.00.